The van der Waals surface area contributed by atoms with Gasteiger partial charge in [0.2, 0.25) is 10.0 Å². The average molecular weight is 359 g/mol. The molecule has 1 aliphatic heterocycles. The van der Waals surface area contributed by atoms with Gasteiger partial charge in [-0.15, -0.1) is 0 Å². The summed E-state index contributed by atoms with van der Waals surface area (Å²) in [7, 11) is -3.80. The van der Waals surface area contributed by atoms with Gasteiger partial charge in [0, 0.05) is 18.1 Å². The summed E-state index contributed by atoms with van der Waals surface area (Å²) >= 11 is 17.7. The maximum absolute atomic E-state index is 12.6. The van der Waals surface area contributed by atoms with Crippen molar-refractivity contribution < 1.29 is 13.5 Å². The largest absolute Gasteiger partial charge is 0.393 e. The summed E-state index contributed by atoms with van der Waals surface area (Å²) in [6.07, 6.45) is -0.0962. The lowest BCUT2D eigenvalue weighted by atomic mass is 9.99. The van der Waals surface area contributed by atoms with Crippen molar-refractivity contribution in [2.24, 2.45) is 5.92 Å². The van der Waals surface area contributed by atoms with Gasteiger partial charge in [-0.1, -0.05) is 41.7 Å². The number of benzene rings is 1. The van der Waals surface area contributed by atoms with Crippen LogP contribution in [-0.2, 0) is 10.0 Å². The number of rotatable bonds is 2. The highest BCUT2D eigenvalue weighted by molar-refractivity contribution is 7.89. The summed E-state index contributed by atoms with van der Waals surface area (Å²) in [4.78, 5) is -0.131. The fourth-order valence-electron chi connectivity index (χ4n) is 2.22. The molecule has 1 heterocycles. The average Bonchev–Trinajstić information content (AvgIpc) is 2.30. The van der Waals surface area contributed by atoms with Crippen LogP contribution in [0.25, 0.3) is 0 Å². The van der Waals surface area contributed by atoms with Crippen LogP contribution >= 0.6 is 34.8 Å². The summed E-state index contributed by atoms with van der Waals surface area (Å²) in [5.41, 5.74) is 0. The van der Waals surface area contributed by atoms with E-state index in [0.29, 0.717) is 6.42 Å². The molecule has 1 aromatic rings. The second-order valence-electron chi connectivity index (χ2n) is 4.89. The van der Waals surface area contributed by atoms with Gasteiger partial charge in [-0.05, 0) is 24.5 Å². The molecule has 20 heavy (non-hydrogen) atoms. The molecule has 1 aromatic carbocycles. The molecule has 0 bridgehead atoms. The number of sulfonamides is 1. The van der Waals surface area contributed by atoms with Crippen molar-refractivity contribution in [3.63, 3.8) is 0 Å². The maximum Gasteiger partial charge on any atom is 0.246 e. The number of hydrogen-bond acceptors (Lipinski definition) is 3. The van der Waals surface area contributed by atoms with E-state index in [1.165, 1.54) is 16.4 Å². The van der Waals surface area contributed by atoms with Gasteiger partial charge in [0.15, 0.2) is 0 Å². The minimum atomic E-state index is -3.80. The zero-order chi connectivity index (χ0) is 15.1. The summed E-state index contributed by atoms with van der Waals surface area (Å²) in [6.45, 7) is 2.28. The van der Waals surface area contributed by atoms with Gasteiger partial charge in [0.1, 0.15) is 4.90 Å². The van der Waals surface area contributed by atoms with Crippen molar-refractivity contribution in [1.29, 1.82) is 0 Å². The Labute approximate surface area is 133 Å². The molecule has 2 rings (SSSR count). The highest BCUT2D eigenvalue weighted by Gasteiger charge is 2.35. The van der Waals surface area contributed by atoms with E-state index >= 15 is 0 Å². The number of aliphatic hydroxyl groups is 1. The Morgan fingerprint density at radius 3 is 2.30 bits per heavy atom. The van der Waals surface area contributed by atoms with Crippen molar-refractivity contribution >= 4 is 44.8 Å². The molecule has 112 valence electrons. The quantitative estimate of drug-likeness (QED) is 0.884. The third kappa shape index (κ3) is 3.08. The fourth-order valence-corrected chi connectivity index (χ4v) is 5.27. The molecule has 4 nitrogen and oxygen atoms in total. The van der Waals surface area contributed by atoms with Crippen LogP contribution in [0.4, 0.5) is 0 Å². The molecule has 1 saturated heterocycles. The Balaban J connectivity index is 2.41. The Bertz CT molecular complexity index is 597. The zero-order valence-electron chi connectivity index (χ0n) is 10.7. The number of halogens is 3. The van der Waals surface area contributed by atoms with Crippen LogP contribution in [0.3, 0.4) is 0 Å². The first kappa shape index (κ1) is 16.3. The minimum Gasteiger partial charge on any atom is -0.393 e. The van der Waals surface area contributed by atoms with E-state index in [9.17, 15) is 13.5 Å². The first-order valence-corrected chi connectivity index (χ1v) is 8.63. The maximum atomic E-state index is 12.6. The SMILES string of the molecule is CC1CN(S(=O)(=O)c2c(Cl)cc(Cl)cc2Cl)CCC1O. The molecule has 1 aliphatic rings. The van der Waals surface area contributed by atoms with Crippen LogP contribution < -0.4 is 0 Å². The predicted molar refractivity (Wildman–Crippen MR) is 80.0 cm³/mol. The highest BCUT2D eigenvalue weighted by Crippen LogP contribution is 2.35. The van der Waals surface area contributed by atoms with Crippen LogP contribution in [0.5, 0.6) is 0 Å². The zero-order valence-corrected chi connectivity index (χ0v) is 13.8. The molecule has 2 atom stereocenters. The second kappa shape index (κ2) is 5.99. The van der Waals surface area contributed by atoms with Gasteiger partial charge < -0.3 is 5.11 Å². The lowest BCUT2D eigenvalue weighted by molar-refractivity contribution is 0.0629. The summed E-state index contributed by atoms with van der Waals surface area (Å²) in [6, 6.07) is 2.70. The molecule has 0 saturated carbocycles. The van der Waals surface area contributed by atoms with E-state index in [1.54, 1.807) is 6.92 Å². The Morgan fingerprint density at radius 2 is 1.80 bits per heavy atom. The third-order valence-electron chi connectivity index (χ3n) is 3.38. The van der Waals surface area contributed by atoms with Crippen LogP contribution in [0.1, 0.15) is 13.3 Å². The van der Waals surface area contributed by atoms with Gasteiger partial charge in [0.25, 0.3) is 0 Å². The molecule has 1 N–H and O–H groups in total. The van der Waals surface area contributed by atoms with Gasteiger partial charge in [0.05, 0.1) is 16.1 Å². The highest BCUT2D eigenvalue weighted by atomic mass is 35.5. The minimum absolute atomic E-state index is 0.00118. The van der Waals surface area contributed by atoms with Crippen molar-refractivity contribution in [3.05, 3.63) is 27.2 Å². The van der Waals surface area contributed by atoms with Gasteiger partial charge in [-0.2, -0.15) is 4.31 Å². The first-order valence-electron chi connectivity index (χ1n) is 6.06. The number of hydrogen-bond donors (Lipinski definition) is 1. The molecular weight excluding hydrogens is 345 g/mol. The van der Waals surface area contributed by atoms with E-state index in [0.717, 1.165) is 0 Å². The molecule has 8 heteroatoms. The molecule has 0 amide bonds. The van der Waals surface area contributed by atoms with Crippen molar-refractivity contribution in [2.45, 2.75) is 24.3 Å². The molecule has 0 radical (unpaired) electrons. The normalized spacial score (nSPS) is 24.9. The fraction of sp³-hybridized carbons (Fsp3) is 0.500. The van der Waals surface area contributed by atoms with E-state index in [2.05, 4.69) is 0 Å². The van der Waals surface area contributed by atoms with Crippen LogP contribution in [0.2, 0.25) is 15.1 Å². The molecule has 1 fully saturated rings. The van der Waals surface area contributed by atoms with Crippen LogP contribution in [-0.4, -0.2) is 37.0 Å². The van der Waals surface area contributed by atoms with Crippen molar-refractivity contribution in [3.8, 4) is 0 Å². The van der Waals surface area contributed by atoms with E-state index in [1.807, 2.05) is 0 Å². The van der Waals surface area contributed by atoms with Crippen LogP contribution in [0, 0.1) is 5.92 Å². The molecular formula is C12H14Cl3NO3S. The third-order valence-corrected chi connectivity index (χ3v) is 6.39. The second-order valence-corrected chi connectivity index (χ2v) is 8.02. The van der Waals surface area contributed by atoms with Gasteiger partial charge in [-0.25, -0.2) is 8.42 Å². The standard InChI is InChI=1S/C12H14Cl3NO3S/c1-7-6-16(3-2-11(7)17)20(18,19)12-9(14)4-8(13)5-10(12)15/h4-5,7,11,17H,2-3,6H2,1H3. The molecule has 0 aliphatic carbocycles. The smallest absolute Gasteiger partial charge is 0.246 e. The van der Waals surface area contributed by atoms with Crippen molar-refractivity contribution in [1.82, 2.24) is 4.31 Å². The van der Waals surface area contributed by atoms with E-state index in [4.69, 9.17) is 34.8 Å². The van der Waals surface area contributed by atoms with Crippen LogP contribution in [0.15, 0.2) is 17.0 Å². The van der Waals surface area contributed by atoms with E-state index < -0.39 is 16.1 Å². The Morgan fingerprint density at radius 1 is 1.25 bits per heavy atom. The lowest BCUT2D eigenvalue weighted by Crippen LogP contribution is -2.45. The summed E-state index contributed by atoms with van der Waals surface area (Å²) < 4.78 is 26.5. The first-order chi connectivity index (χ1) is 9.23. The van der Waals surface area contributed by atoms with Gasteiger partial charge in [-0.3, -0.25) is 0 Å². The number of aliphatic hydroxyl groups excluding tert-OH is 1. The topological polar surface area (TPSA) is 57.6 Å². The monoisotopic (exact) mass is 357 g/mol. The molecule has 2 unspecified atom stereocenters. The Kier molecular flexibility index (Phi) is 4.89. The van der Waals surface area contributed by atoms with E-state index in [-0.39, 0.29) is 39.0 Å². The summed E-state index contributed by atoms with van der Waals surface area (Å²) in [5, 5.41) is 9.97. The lowest BCUT2D eigenvalue weighted by Gasteiger charge is -2.33. The number of nitrogens with zero attached hydrogens (tertiary/aromatic N) is 1. The summed E-state index contributed by atoms with van der Waals surface area (Å²) in [5.74, 6) is -0.136. The van der Waals surface area contributed by atoms with Crippen molar-refractivity contribution in [2.75, 3.05) is 13.1 Å². The number of piperidine rings is 1. The predicted octanol–water partition coefficient (Wildman–Crippen LogP) is 3.04. The van der Waals surface area contributed by atoms with Gasteiger partial charge >= 0.3 is 0 Å². The molecule has 0 spiro atoms. The molecule has 0 aromatic heterocycles. The Hall–Kier alpha value is -0.0400.